The van der Waals surface area contributed by atoms with Crippen molar-refractivity contribution in [2.24, 2.45) is 0 Å². The van der Waals surface area contributed by atoms with Gasteiger partial charge in [0, 0.05) is 25.7 Å². The Balaban J connectivity index is 3.19. The number of nitrogens with zero attached hydrogens (tertiary/aromatic N) is 1. The van der Waals surface area contributed by atoms with Crippen LogP contribution in [0.25, 0.3) is 0 Å². The minimum atomic E-state index is -0.501. The van der Waals surface area contributed by atoms with Crippen LogP contribution in [0.5, 0.6) is 0 Å². The van der Waals surface area contributed by atoms with E-state index in [4.69, 9.17) is 0 Å². The van der Waals surface area contributed by atoms with Gasteiger partial charge in [-0.25, -0.2) is 0 Å². The number of hydrogen-bond donors (Lipinski definition) is 2. The van der Waals surface area contributed by atoms with Crippen molar-refractivity contribution < 1.29 is 9.72 Å². The van der Waals surface area contributed by atoms with Gasteiger partial charge < -0.3 is 10.6 Å². The molecule has 0 aliphatic heterocycles. The fourth-order valence-corrected chi connectivity index (χ4v) is 1.18. The highest BCUT2D eigenvalue weighted by molar-refractivity contribution is 5.95. The normalized spacial score (nSPS) is 9.47. The summed E-state index contributed by atoms with van der Waals surface area (Å²) in [5.74, 6) is -0.276. The highest BCUT2D eigenvalue weighted by Crippen LogP contribution is 2.24. The summed E-state index contributed by atoms with van der Waals surface area (Å²) in [4.78, 5) is 21.3. The minimum Gasteiger partial charge on any atom is -0.383 e. The molecule has 1 rings (SSSR count). The zero-order valence-electron chi connectivity index (χ0n) is 8.40. The summed E-state index contributed by atoms with van der Waals surface area (Å²) in [6, 6.07) is 4.16. The van der Waals surface area contributed by atoms with E-state index < -0.39 is 4.92 Å². The van der Waals surface area contributed by atoms with Crippen molar-refractivity contribution in [3.8, 4) is 0 Å². The summed E-state index contributed by atoms with van der Waals surface area (Å²) in [6.45, 7) is 0. The molecule has 1 aromatic carbocycles. The standard InChI is InChI=1S/C9H11N3O3/c1-10-7-5-6(9(13)11-2)3-4-8(7)12(14)15/h3-5,10H,1-2H3,(H,11,13). The van der Waals surface area contributed by atoms with Crippen molar-refractivity contribution in [3.05, 3.63) is 33.9 Å². The molecule has 1 aromatic rings. The first-order chi connectivity index (χ1) is 7.10. The van der Waals surface area contributed by atoms with E-state index in [9.17, 15) is 14.9 Å². The Morgan fingerprint density at radius 3 is 2.53 bits per heavy atom. The quantitative estimate of drug-likeness (QED) is 0.574. The van der Waals surface area contributed by atoms with Gasteiger partial charge in [0.1, 0.15) is 5.69 Å². The molecular formula is C9H11N3O3. The number of rotatable bonds is 3. The number of carbonyl (C=O) groups is 1. The Morgan fingerprint density at radius 1 is 1.40 bits per heavy atom. The monoisotopic (exact) mass is 209 g/mol. The topological polar surface area (TPSA) is 84.3 Å². The molecule has 6 nitrogen and oxygen atoms in total. The van der Waals surface area contributed by atoms with Crippen LogP contribution in [0, 0.1) is 10.1 Å². The number of carbonyl (C=O) groups excluding carboxylic acids is 1. The summed E-state index contributed by atoms with van der Waals surface area (Å²) >= 11 is 0. The number of nitro groups is 1. The summed E-state index contributed by atoms with van der Waals surface area (Å²) in [5.41, 5.74) is 0.652. The van der Waals surface area contributed by atoms with Crippen molar-refractivity contribution in [2.45, 2.75) is 0 Å². The van der Waals surface area contributed by atoms with Crippen molar-refractivity contribution in [2.75, 3.05) is 19.4 Å². The second kappa shape index (κ2) is 4.41. The van der Waals surface area contributed by atoms with E-state index in [2.05, 4.69) is 10.6 Å². The van der Waals surface area contributed by atoms with Gasteiger partial charge >= 0.3 is 0 Å². The number of hydrogen-bond acceptors (Lipinski definition) is 4. The molecule has 0 aromatic heterocycles. The van der Waals surface area contributed by atoms with Gasteiger partial charge in [-0.2, -0.15) is 0 Å². The number of amides is 1. The zero-order valence-corrected chi connectivity index (χ0v) is 8.40. The predicted molar refractivity (Wildman–Crippen MR) is 56.0 cm³/mol. The smallest absolute Gasteiger partial charge is 0.292 e. The van der Waals surface area contributed by atoms with Gasteiger partial charge in [0.05, 0.1) is 4.92 Å². The Hall–Kier alpha value is -2.11. The molecule has 0 saturated carbocycles. The second-order valence-electron chi connectivity index (χ2n) is 2.82. The van der Waals surface area contributed by atoms with Gasteiger partial charge in [0.2, 0.25) is 0 Å². The van der Waals surface area contributed by atoms with Gasteiger partial charge in [-0.05, 0) is 12.1 Å². The van der Waals surface area contributed by atoms with Crippen LogP contribution in [0.1, 0.15) is 10.4 Å². The first-order valence-electron chi connectivity index (χ1n) is 4.28. The maximum Gasteiger partial charge on any atom is 0.292 e. The maximum absolute atomic E-state index is 11.3. The first-order valence-corrected chi connectivity index (χ1v) is 4.28. The van der Waals surface area contributed by atoms with E-state index in [0.29, 0.717) is 11.3 Å². The molecule has 0 bridgehead atoms. The third-order valence-corrected chi connectivity index (χ3v) is 1.95. The van der Waals surface area contributed by atoms with Gasteiger partial charge in [0.15, 0.2) is 0 Å². The van der Waals surface area contributed by atoms with Crippen molar-refractivity contribution in [3.63, 3.8) is 0 Å². The Kier molecular flexibility index (Phi) is 3.22. The van der Waals surface area contributed by atoms with Crippen molar-refractivity contribution >= 4 is 17.3 Å². The molecule has 6 heteroatoms. The molecule has 0 saturated heterocycles. The minimum absolute atomic E-state index is 0.0508. The van der Waals surface area contributed by atoms with Crippen LogP contribution in [0.4, 0.5) is 11.4 Å². The van der Waals surface area contributed by atoms with E-state index in [-0.39, 0.29) is 11.6 Å². The van der Waals surface area contributed by atoms with E-state index in [1.54, 1.807) is 7.05 Å². The van der Waals surface area contributed by atoms with Crippen molar-refractivity contribution in [1.82, 2.24) is 5.32 Å². The number of nitrogens with one attached hydrogen (secondary N) is 2. The van der Waals surface area contributed by atoms with Crippen LogP contribution >= 0.6 is 0 Å². The molecule has 0 unspecified atom stereocenters. The maximum atomic E-state index is 11.3. The Bertz CT molecular complexity index is 404. The van der Waals surface area contributed by atoms with Crippen molar-refractivity contribution in [1.29, 1.82) is 0 Å². The summed E-state index contributed by atoms with van der Waals surface area (Å²) in [7, 11) is 3.07. The van der Waals surface area contributed by atoms with Crippen LogP contribution in [-0.2, 0) is 0 Å². The number of anilines is 1. The number of benzene rings is 1. The van der Waals surface area contributed by atoms with Crippen LogP contribution in [-0.4, -0.2) is 24.9 Å². The molecule has 0 atom stereocenters. The van der Waals surface area contributed by atoms with E-state index in [1.165, 1.54) is 25.2 Å². The lowest BCUT2D eigenvalue weighted by Gasteiger charge is -2.04. The molecule has 0 radical (unpaired) electrons. The molecule has 0 aliphatic carbocycles. The fraction of sp³-hybridized carbons (Fsp3) is 0.222. The molecule has 1 amide bonds. The van der Waals surface area contributed by atoms with E-state index in [0.717, 1.165) is 0 Å². The van der Waals surface area contributed by atoms with Crippen LogP contribution in [0.2, 0.25) is 0 Å². The SMILES string of the molecule is CNC(=O)c1ccc([N+](=O)[O-])c(NC)c1. The first kappa shape index (κ1) is 11.0. The number of nitro benzene ring substituents is 1. The zero-order chi connectivity index (χ0) is 11.4. The summed E-state index contributed by atoms with van der Waals surface area (Å²) in [6.07, 6.45) is 0. The molecule has 0 heterocycles. The van der Waals surface area contributed by atoms with Crippen LogP contribution in [0.15, 0.2) is 18.2 Å². The summed E-state index contributed by atoms with van der Waals surface area (Å²) < 4.78 is 0. The molecule has 0 aliphatic rings. The fourth-order valence-electron chi connectivity index (χ4n) is 1.18. The third-order valence-electron chi connectivity index (χ3n) is 1.95. The highest BCUT2D eigenvalue weighted by atomic mass is 16.6. The van der Waals surface area contributed by atoms with Gasteiger partial charge in [-0.3, -0.25) is 14.9 Å². The lowest BCUT2D eigenvalue weighted by atomic mass is 10.1. The molecule has 15 heavy (non-hydrogen) atoms. The average Bonchev–Trinajstić information content (AvgIpc) is 2.26. The third kappa shape index (κ3) is 2.22. The lowest BCUT2D eigenvalue weighted by molar-refractivity contribution is -0.383. The molecule has 0 spiro atoms. The molecule has 2 N–H and O–H groups in total. The molecular weight excluding hydrogens is 198 g/mol. The van der Waals surface area contributed by atoms with Gasteiger partial charge in [-0.1, -0.05) is 0 Å². The van der Waals surface area contributed by atoms with Gasteiger partial charge in [0.25, 0.3) is 11.6 Å². The van der Waals surface area contributed by atoms with E-state index in [1.807, 2.05) is 0 Å². The van der Waals surface area contributed by atoms with E-state index >= 15 is 0 Å². The average molecular weight is 209 g/mol. The summed E-state index contributed by atoms with van der Waals surface area (Å²) in [5, 5.41) is 15.7. The van der Waals surface area contributed by atoms with Gasteiger partial charge in [-0.15, -0.1) is 0 Å². The molecule has 0 fully saturated rings. The Labute approximate surface area is 86.4 Å². The second-order valence-corrected chi connectivity index (χ2v) is 2.82. The highest BCUT2D eigenvalue weighted by Gasteiger charge is 2.14. The molecule has 80 valence electrons. The largest absolute Gasteiger partial charge is 0.383 e. The predicted octanol–water partition coefficient (Wildman–Crippen LogP) is 0.996. The van der Waals surface area contributed by atoms with Crippen LogP contribution in [0.3, 0.4) is 0 Å². The Morgan fingerprint density at radius 2 is 2.07 bits per heavy atom. The van der Waals surface area contributed by atoms with Crippen LogP contribution < -0.4 is 10.6 Å². The lowest BCUT2D eigenvalue weighted by Crippen LogP contribution is -2.17.